The van der Waals surface area contributed by atoms with Crippen molar-refractivity contribution in [3.8, 4) is 0 Å². The maximum atomic E-state index is 8.30. The van der Waals surface area contributed by atoms with E-state index in [-0.39, 0.29) is 0 Å². The minimum Gasteiger partial charge on any atom is -0.377 e. The van der Waals surface area contributed by atoms with Gasteiger partial charge < -0.3 is 15.6 Å². The molecule has 0 aromatic heterocycles. The highest BCUT2D eigenvalue weighted by Crippen LogP contribution is 1.84. The second-order valence-electron chi connectivity index (χ2n) is 2.27. The van der Waals surface area contributed by atoms with Gasteiger partial charge in [0.2, 0.25) is 0 Å². The fourth-order valence-electron chi connectivity index (χ4n) is 0. The van der Waals surface area contributed by atoms with Crippen LogP contribution in [0.5, 0.6) is 0 Å². The van der Waals surface area contributed by atoms with Crippen molar-refractivity contribution in [2.45, 2.75) is 19.6 Å². The first-order valence-electron chi connectivity index (χ1n) is 2.59. The number of ether oxygens (including phenoxy) is 1. The molecule has 0 aliphatic carbocycles. The summed E-state index contributed by atoms with van der Waals surface area (Å²) in [6.45, 7) is 5.04. The molecule has 50 valence electrons. The Morgan fingerprint density at radius 1 is 1.50 bits per heavy atom. The van der Waals surface area contributed by atoms with Crippen molar-refractivity contribution < 1.29 is 9.84 Å². The molecule has 0 aromatic carbocycles. The third-order valence-electron chi connectivity index (χ3n) is 0.204. The molecule has 0 atom stereocenters. The van der Waals surface area contributed by atoms with Crippen LogP contribution in [0.2, 0.25) is 0 Å². The van der Waals surface area contributed by atoms with E-state index >= 15 is 0 Å². The first kappa shape index (κ1) is 7.88. The maximum absolute atomic E-state index is 8.30. The minimum absolute atomic E-state index is 1.00. The Labute approximate surface area is 49.4 Å². The van der Waals surface area contributed by atoms with E-state index in [1.165, 1.54) is 13.8 Å². The van der Waals surface area contributed by atoms with Gasteiger partial charge in [0.25, 0.3) is 0 Å². The third kappa shape index (κ3) is 181. The van der Waals surface area contributed by atoms with Gasteiger partial charge in [0.15, 0.2) is 0 Å². The van der Waals surface area contributed by atoms with E-state index in [0.717, 1.165) is 13.2 Å². The molecule has 1 fully saturated rings. The lowest BCUT2D eigenvalue weighted by Crippen LogP contribution is -2.30. The van der Waals surface area contributed by atoms with Gasteiger partial charge in [0, 0.05) is 0 Å². The Hall–Kier alpha value is -0.120. The standard InChI is InChI=1S/C3H9NO.C2H4O/c1-3(2,4)5;1-2-3-1/h5H,4H2,1-2H3;1-2H2. The third-order valence-corrected chi connectivity index (χ3v) is 0.204. The number of hydrogen-bond acceptors (Lipinski definition) is 3. The number of rotatable bonds is 0. The zero-order valence-corrected chi connectivity index (χ0v) is 5.35. The van der Waals surface area contributed by atoms with Crippen molar-refractivity contribution in [3.63, 3.8) is 0 Å². The van der Waals surface area contributed by atoms with Gasteiger partial charge in [-0.1, -0.05) is 0 Å². The van der Waals surface area contributed by atoms with Gasteiger partial charge in [-0.3, -0.25) is 0 Å². The normalized spacial score (nSPS) is 16.5. The molecule has 1 aliphatic rings. The number of epoxide rings is 1. The van der Waals surface area contributed by atoms with Crippen molar-refractivity contribution in [2.24, 2.45) is 5.73 Å². The van der Waals surface area contributed by atoms with E-state index in [1.807, 2.05) is 0 Å². The molecule has 0 radical (unpaired) electrons. The van der Waals surface area contributed by atoms with Crippen LogP contribution in [0.4, 0.5) is 0 Å². The Kier molecular flexibility index (Phi) is 2.97. The quantitative estimate of drug-likeness (QED) is 0.339. The van der Waals surface area contributed by atoms with Crippen molar-refractivity contribution >= 4 is 0 Å². The van der Waals surface area contributed by atoms with Crippen molar-refractivity contribution in [3.05, 3.63) is 0 Å². The number of hydrogen-bond donors (Lipinski definition) is 2. The lowest BCUT2D eigenvalue weighted by atomic mass is 10.4. The smallest absolute Gasteiger partial charge is 0.107 e. The van der Waals surface area contributed by atoms with Crippen LogP contribution >= 0.6 is 0 Å². The summed E-state index contributed by atoms with van der Waals surface area (Å²) in [5.74, 6) is 0. The molecule has 0 unspecified atom stereocenters. The van der Waals surface area contributed by atoms with Crippen LogP contribution in [0, 0.1) is 0 Å². The van der Waals surface area contributed by atoms with Gasteiger partial charge in [0.05, 0.1) is 13.2 Å². The highest BCUT2D eigenvalue weighted by molar-refractivity contribution is 4.47. The maximum Gasteiger partial charge on any atom is 0.107 e. The minimum atomic E-state index is -1.00. The highest BCUT2D eigenvalue weighted by atomic mass is 16.6. The first-order chi connectivity index (χ1) is 3.50. The second kappa shape index (κ2) is 3.02. The molecule has 3 heteroatoms. The lowest BCUT2D eigenvalue weighted by Gasteiger charge is -2.05. The van der Waals surface area contributed by atoms with E-state index < -0.39 is 5.72 Å². The van der Waals surface area contributed by atoms with Crippen LogP contribution in [-0.2, 0) is 4.74 Å². The van der Waals surface area contributed by atoms with Gasteiger partial charge in [-0.25, -0.2) is 0 Å². The van der Waals surface area contributed by atoms with Crippen molar-refractivity contribution in [1.82, 2.24) is 0 Å². The fourth-order valence-corrected chi connectivity index (χ4v) is 0. The van der Waals surface area contributed by atoms with E-state index in [4.69, 9.17) is 10.8 Å². The van der Waals surface area contributed by atoms with Gasteiger partial charge >= 0.3 is 0 Å². The van der Waals surface area contributed by atoms with Gasteiger partial charge in [0.1, 0.15) is 5.72 Å². The molecule has 1 saturated heterocycles. The van der Waals surface area contributed by atoms with Crippen LogP contribution in [0.3, 0.4) is 0 Å². The van der Waals surface area contributed by atoms with Crippen LogP contribution in [-0.4, -0.2) is 24.0 Å². The summed E-state index contributed by atoms with van der Waals surface area (Å²) >= 11 is 0. The average molecular weight is 119 g/mol. The Morgan fingerprint density at radius 2 is 1.62 bits per heavy atom. The summed E-state index contributed by atoms with van der Waals surface area (Å²) in [6, 6.07) is 0. The highest BCUT2D eigenvalue weighted by Gasteiger charge is 1.98. The Bertz CT molecular complexity index is 47.2. The summed E-state index contributed by atoms with van der Waals surface area (Å²) in [4.78, 5) is 0. The molecule has 0 amide bonds. The Morgan fingerprint density at radius 3 is 1.62 bits per heavy atom. The van der Waals surface area contributed by atoms with Crippen molar-refractivity contribution in [2.75, 3.05) is 13.2 Å². The molecule has 3 N–H and O–H groups in total. The number of nitrogens with two attached hydrogens (primary N) is 1. The summed E-state index contributed by atoms with van der Waals surface area (Å²) in [5.41, 5.74) is 3.91. The molecule has 0 saturated carbocycles. The molecule has 3 nitrogen and oxygen atoms in total. The SMILES string of the molecule is C1CO1.CC(C)(N)O. The molecule has 8 heavy (non-hydrogen) atoms. The van der Waals surface area contributed by atoms with E-state index in [1.54, 1.807) is 0 Å². The fraction of sp³-hybridized carbons (Fsp3) is 1.00. The molecular weight excluding hydrogens is 106 g/mol. The first-order valence-corrected chi connectivity index (χ1v) is 2.59. The summed E-state index contributed by atoms with van der Waals surface area (Å²) in [6.07, 6.45) is 0. The van der Waals surface area contributed by atoms with Crippen LogP contribution < -0.4 is 5.73 Å². The number of aliphatic hydroxyl groups is 1. The van der Waals surface area contributed by atoms with Crippen molar-refractivity contribution in [1.29, 1.82) is 0 Å². The summed E-state index contributed by atoms with van der Waals surface area (Å²) in [5, 5.41) is 8.30. The zero-order valence-electron chi connectivity index (χ0n) is 5.35. The van der Waals surface area contributed by atoms with E-state index in [9.17, 15) is 0 Å². The van der Waals surface area contributed by atoms with Gasteiger partial charge in [-0.05, 0) is 13.8 Å². The predicted molar refractivity (Wildman–Crippen MR) is 31.3 cm³/mol. The summed E-state index contributed by atoms with van der Waals surface area (Å²) in [7, 11) is 0. The van der Waals surface area contributed by atoms with E-state index in [0.29, 0.717) is 0 Å². The monoisotopic (exact) mass is 119 g/mol. The van der Waals surface area contributed by atoms with Gasteiger partial charge in [-0.15, -0.1) is 0 Å². The zero-order chi connectivity index (χ0) is 6.62. The Balaban J connectivity index is 0.000000135. The lowest BCUT2D eigenvalue weighted by molar-refractivity contribution is 0.0881. The van der Waals surface area contributed by atoms with Gasteiger partial charge in [-0.2, -0.15) is 0 Å². The molecule has 1 rings (SSSR count). The average Bonchev–Trinajstić information content (AvgIpc) is 1.95. The molecule has 1 heterocycles. The molecule has 1 aliphatic heterocycles. The molecule has 0 spiro atoms. The van der Waals surface area contributed by atoms with Crippen LogP contribution in [0.25, 0.3) is 0 Å². The molecule has 0 aromatic rings. The summed E-state index contributed by atoms with van der Waals surface area (Å²) < 4.78 is 4.50. The molecular formula is C5H13NO2. The molecule has 0 bridgehead atoms. The van der Waals surface area contributed by atoms with Crippen LogP contribution in [0.1, 0.15) is 13.8 Å². The van der Waals surface area contributed by atoms with E-state index in [2.05, 4.69) is 4.74 Å². The second-order valence-corrected chi connectivity index (χ2v) is 2.27. The predicted octanol–water partition coefficient (Wildman–Crippen LogP) is -0.310. The van der Waals surface area contributed by atoms with Crippen LogP contribution in [0.15, 0.2) is 0 Å². The largest absolute Gasteiger partial charge is 0.377 e. The topological polar surface area (TPSA) is 58.8 Å².